The Morgan fingerprint density at radius 3 is 2.68 bits per heavy atom. The molecule has 196 valence electrons. The third-order valence-corrected chi connectivity index (χ3v) is 6.68. The van der Waals surface area contributed by atoms with Crippen molar-refractivity contribution in [1.82, 2.24) is 25.4 Å². The molecule has 3 N–H and O–H groups in total. The summed E-state index contributed by atoms with van der Waals surface area (Å²) in [5.74, 6) is -1.29. The third kappa shape index (κ3) is 5.71. The molecule has 1 aliphatic rings. The van der Waals surface area contributed by atoms with Gasteiger partial charge in [-0.05, 0) is 54.3 Å². The van der Waals surface area contributed by atoms with Crippen LogP contribution in [0.15, 0.2) is 79.1 Å². The Hall–Kier alpha value is -4.15. The van der Waals surface area contributed by atoms with Crippen LogP contribution in [0.25, 0.3) is 16.9 Å². The zero-order valence-corrected chi connectivity index (χ0v) is 20.8. The van der Waals surface area contributed by atoms with Gasteiger partial charge in [-0.3, -0.25) is 10.3 Å². The van der Waals surface area contributed by atoms with Crippen LogP contribution in [0.2, 0.25) is 0 Å². The number of nitrogens with zero attached hydrogens (tertiary/aromatic N) is 3. The van der Waals surface area contributed by atoms with Crippen molar-refractivity contribution in [3.8, 4) is 16.9 Å². The number of methoxy groups -OCH3 is 1. The number of aromatic nitrogens is 3. The zero-order chi connectivity index (χ0) is 26.5. The minimum absolute atomic E-state index is 0.0174. The maximum Gasteiger partial charge on any atom is 0.320 e. The third-order valence-electron chi connectivity index (χ3n) is 6.68. The molecule has 0 radical (unpaired) electrons. The minimum Gasteiger partial charge on any atom is -0.377 e. The van der Waals surface area contributed by atoms with Crippen molar-refractivity contribution in [3.63, 3.8) is 0 Å². The summed E-state index contributed by atoms with van der Waals surface area (Å²) in [7, 11) is 1.54. The van der Waals surface area contributed by atoms with Gasteiger partial charge in [-0.15, -0.1) is 0 Å². The van der Waals surface area contributed by atoms with Crippen LogP contribution >= 0.6 is 0 Å². The quantitative estimate of drug-likeness (QED) is 0.315. The van der Waals surface area contributed by atoms with Crippen molar-refractivity contribution in [1.29, 1.82) is 0 Å². The molecule has 8 nitrogen and oxygen atoms in total. The molecule has 2 aromatic carbocycles. The van der Waals surface area contributed by atoms with Crippen LogP contribution < -0.4 is 16.0 Å². The number of nitrogens with one attached hydrogen (secondary N) is 3. The summed E-state index contributed by atoms with van der Waals surface area (Å²) in [6, 6.07) is 18.3. The highest BCUT2D eigenvalue weighted by atomic mass is 19.2. The molecule has 3 atom stereocenters. The smallest absolute Gasteiger partial charge is 0.320 e. The van der Waals surface area contributed by atoms with Gasteiger partial charge in [0.15, 0.2) is 11.6 Å². The largest absolute Gasteiger partial charge is 0.377 e. The van der Waals surface area contributed by atoms with Crippen LogP contribution in [0.3, 0.4) is 0 Å². The van der Waals surface area contributed by atoms with Gasteiger partial charge in [0.05, 0.1) is 17.5 Å². The number of hydrogen-bond donors (Lipinski definition) is 3. The van der Waals surface area contributed by atoms with E-state index in [2.05, 4.69) is 20.9 Å². The summed E-state index contributed by atoms with van der Waals surface area (Å²) in [6.07, 6.45) is 3.49. The standard InChI is InChI=1S/C28H28F2N6O2/c1-38-26(18-9-10-22(29)23(30)12-18)13-20-16-32-17-25(20)33-28(37)34-27-14-24(19-6-5-11-31-15-19)35-36(27)21-7-3-2-4-8-21/h2-12,14-15,20,25-26,32H,13,16-17H2,1H3,(H2,33,34,37). The van der Waals surface area contributed by atoms with E-state index in [1.54, 1.807) is 23.1 Å². The summed E-state index contributed by atoms with van der Waals surface area (Å²) in [4.78, 5) is 17.3. The van der Waals surface area contributed by atoms with Gasteiger partial charge in [0.25, 0.3) is 0 Å². The molecule has 1 saturated heterocycles. The van der Waals surface area contributed by atoms with Gasteiger partial charge < -0.3 is 15.4 Å². The van der Waals surface area contributed by atoms with Gasteiger partial charge in [0.2, 0.25) is 0 Å². The van der Waals surface area contributed by atoms with Crippen LogP contribution in [-0.4, -0.2) is 47.0 Å². The van der Waals surface area contributed by atoms with Crippen molar-refractivity contribution in [2.75, 3.05) is 25.5 Å². The van der Waals surface area contributed by atoms with E-state index in [0.29, 0.717) is 36.6 Å². The fourth-order valence-corrected chi connectivity index (χ4v) is 4.72. The van der Waals surface area contributed by atoms with E-state index in [1.807, 2.05) is 42.5 Å². The van der Waals surface area contributed by atoms with Crippen LogP contribution in [0.5, 0.6) is 0 Å². The Bertz CT molecular complexity index is 1380. The van der Waals surface area contributed by atoms with Crippen molar-refractivity contribution < 1.29 is 18.3 Å². The number of pyridine rings is 1. The lowest BCUT2D eigenvalue weighted by atomic mass is 9.93. The minimum atomic E-state index is -0.913. The molecule has 0 saturated carbocycles. The fourth-order valence-electron chi connectivity index (χ4n) is 4.72. The second-order valence-corrected chi connectivity index (χ2v) is 9.16. The molecule has 0 bridgehead atoms. The number of carbonyl (C=O) groups is 1. The maximum atomic E-state index is 13.8. The number of anilines is 1. The molecule has 5 rings (SSSR count). The number of para-hydroxylation sites is 1. The summed E-state index contributed by atoms with van der Waals surface area (Å²) >= 11 is 0. The molecule has 10 heteroatoms. The van der Waals surface area contributed by atoms with Gasteiger partial charge >= 0.3 is 6.03 Å². The number of carbonyl (C=O) groups excluding carboxylic acids is 1. The van der Waals surface area contributed by atoms with Crippen LogP contribution in [0.1, 0.15) is 18.1 Å². The van der Waals surface area contributed by atoms with E-state index < -0.39 is 17.7 Å². The second kappa shape index (κ2) is 11.5. The molecule has 1 fully saturated rings. The lowest BCUT2D eigenvalue weighted by Gasteiger charge is -2.25. The van der Waals surface area contributed by atoms with Crippen LogP contribution in [0.4, 0.5) is 19.4 Å². The van der Waals surface area contributed by atoms with Gasteiger partial charge in [0.1, 0.15) is 5.82 Å². The summed E-state index contributed by atoms with van der Waals surface area (Å²) in [6.45, 7) is 1.23. The highest BCUT2D eigenvalue weighted by Crippen LogP contribution is 2.29. The first-order valence-corrected chi connectivity index (χ1v) is 12.3. The van der Waals surface area contributed by atoms with Crippen molar-refractivity contribution in [2.24, 2.45) is 5.92 Å². The van der Waals surface area contributed by atoms with Crippen molar-refractivity contribution >= 4 is 11.8 Å². The highest BCUT2D eigenvalue weighted by molar-refractivity contribution is 5.89. The number of ether oxygens (including phenoxy) is 1. The SMILES string of the molecule is COC(CC1CNCC1NC(=O)Nc1cc(-c2cccnc2)nn1-c1ccccc1)c1ccc(F)c(F)c1. The normalized spacial score (nSPS) is 17.8. The van der Waals surface area contributed by atoms with E-state index in [0.717, 1.165) is 23.4 Å². The highest BCUT2D eigenvalue weighted by Gasteiger charge is 2.31. The second-order valence-electron chi connectivity index (χ2n) is 9.16. The van der Waals surface area contributed by atoms with E-state index in [9.17, 15) is 13.6 Å². The summed E-state index contributed by atoms with van der Waals surface area (Å²) < 4.78 is 34.5. The Labute approximate surface area is 219 Å². The van der Waals surface area contributed by atoms with Crippen LogP contribution in [0, 0.1) is 17.6 Å². The van der Waals surface area contributed by atoms with E-state index in [4.69, 9.17) is 9.84 Å². The predicted molar refractivity (Wildman–Crippen MR) is 140 cm³/mol. The van der Waals surface area contributed by atoms with Crippen molar-refractivity contribution in [3.05, 3.63) is 96.3 Å². The van der Waals surface area contributed by atoms with Gasteiger partial charge in [-0.1, -0.05) is 24.3 Å². The number of amides is 2. The molecule has 2 aromatic heterocycles. The number of hydrogen-bond acceptors (Lipinski definition) is 5. The molecule has 3 heterocycles. The maximum absolute atomic E-state index is 13.8. The molecular formula is C28H28F2N6O2. The average Bonchev–Trinajstić information content (AvgIpc) is 3.56. The molecule has 3 unspecified atom stereocenters. The first-order chi connectivity index (χ1) is 18.5. The van der Waals surface area contributed by atoms with Gasteiger partial charge in [-0.2, -0.15) is 5.10 Å². The van der Waals surface area contributed by atoms with Gasteiger partial charge in [0, 0.05) is 50.3 Å². The molecule has 2 amide bonds. The lowest BCUT2D eigenvalue weighted by molar-refractivity contribution is 0.0788. The monoisotopic (exact) mass is 518 g/mol. The van der Waals surface area contributed by atoms with E-state index in [1.165, 1.54) is 13.2 Å². The number of urea groups is 1. The average molecular weight is 519 g/mol. The first-order valence-electron chi connectivity index (χ1n) is 12.3. The first kappa shape index (κ1) is 25.5. The number of halogens is 2. The molecule has 0 aliphatic carbocycles. The Morgan fingerprint density at radius 2 is 1.95 bits per heavy atom. The molecule has 0 spiro atoms. The summed E-state index contributed by atoms with van der Waals surface area (Å²) in [5.41, 5.74) is 2.85. The topological polar surface area (TPSA) is 93.1 Å². The zero-order valence-electron chi connectivity index (χ0n) is 20.8. The molecule has 38 heavy (non-hydrogen) atoms. The van der Waals surface area contributed by atoms with Gasteiger partial charge in [-0.25, -0.2) is 18.3 Å². The lowest BCUT2D eigenvalue weighted by Crippen LogP contribution is -2.43. The Morgan fingerprint density at radius 1 is 1.11 bits per heavy atom. The molecular weight excluding hydrogens is 490 g/mol. The van der Waals surface area contributed by atoms with Crippen LogP contribution in [-0.2, 0) is 4.74 Å². The van der Waals surface area contributed by atoms with Crippen molar-refractivity contribution in [2.45, 2.75) is 18.6 Å². The Balaban J connectivity index is 1.30. The summed E-state index contributed by atoms with van der Waals surface area (Å²) in [5, 5.41) is 14.0. The van der Waals surface area contributed by atoms with E-state index in [-0.39, 0.29) is 18.0 Å². The predicted octanol–water partition coefficient (Wildman–Crippen LogP) is 4.70. The fraction of sp³-hybridized carbons (Fsp3) is 0.250. The van der Waals surface area contributed by atoms with E-state index >= 15 is 0 Å². The number of rotatable bonds is 8. The Kier molecular flexibility index (Phi) is 7.71. The molecule has 1 aliphatic heterocycles. The number of benzene rings is 2. The molecule has 4 aromatic rings.